The summed E-state index contributed by atoms with van der Waals surface area (Å²) in [6, 6.07) is 10.4. The number of benzene rings is 1. The molecule has 0 saturated heterocycles. The number of nitrogens with zero attached hydrogens (tertiary/aromatic N) is 5. The van der Waals surface area contributed by atoms with Crippen LogP contribution >= 0.6 is 0 Å². The molecule has 3 aromatic rings. The number of aryl methyl sites for hydroxylation is 1. The molecule has 0 saturated carbocycles. The number of aromatic nitrogens is 4. The van der Waals surface area contributed by atoms with E-state index < -0.39 is 0 Å². The summed E-state index contributed by atoms with van der Waals surface area (Å²) in [5, 5.41) is 19.5. The third kappa shape index (κ3) is 4.46. The number of urea groups is 1. The lowest BCUT2D eigenvalue weighted by Crippen LogP contribution is -2.33. The number of imidazole rings is 1. The zero-order valence-corrected chi connectivity index (χ0v) is 17.3. The Morgan fingerprint density at radius 1 is 1.24 bits per heavy atom. The van der Waals surface area contributed by atoms with Crippen molar-refractivity contribution in [2.75, 3.05) is 5.32 Å². The minimum atomic E-state index is -0.351. The first-order valence-corrected chi connectivity index (χ1v) is 9.35. The maximum absolute atomic E-state index is 12.6. The smallest absolute Gasteiger partial charge is 0.320 e. The van der Waals surface area contributed by atoms with Crippen LogP contribution in [-0.2, 0) is 12.5 Å². The van der Waals surface area contributed by atoms with Crippen molar-refractivity contribution in [3.05, 3.63) is 59.8 Å². The Labute approximate surface area is 170 Å². The van der Waals surface area contributed by atoms with Crippen LogP contribution in [0.15, 0.2) is 42.7 Å². The summed E-state index contributed by atoms with van der Waals surface area (Å²) in [5.74, 6) is 1.31. The molecule has 8 heteroatoms. The summed E-state index contributed by atoms with van der Waals surface area (Å²) in [5.41, 5.74) is 1.97. The summed E-state index contributed by atoms with van der Waals surface area (Å²) < 4.78 is 3.54. The number of nitriles is 1. The highest BCUT2D eigenvalue weighted by molar-refractivity contribution is 5.89. The van der Waals surface area contributed by atoms with E-state index in [4.69, 9.17) is 5.26 Å². The zero-order valence-electron chi connectivity index (χ0n) is 17.3. The second kappa shape index (κ2) is 7.80. The van der Waals surface area contributed by atoms with Crippen molar-refractivity contribution in [3.8, 4) is 11.8 Å². The number of carbonyl (C=O) groups is 1. The maximum Gasteiger partial charge on any atom is 0.320 e. The van der Waals surface area contributed by atoms with Crippen LogP contribution in [0, 0.1) is 11.3 Å². The molecule has 1 aromatic carbocycles. The first-order chi connectivity index (χ1) is 13.7. The van der Waals surface area contributed by atoms with E-state index >= 15 is 0 Å². The quantitative estimate of drug-likeness (QED) is 0.709. The van der Waals surface area contributed by atoms with E-state index in [1.165, 1.54) is 0 Å². The van der Waals surface area contributed by atoms with Crippen molar-refractivity contribution in [2.45, 2.75) is 39.2 Å². The number of hydrogen-bond acceptors (Lipinski definition) is 4. The van der Waals surface area contributed by atoms with Gasteiger partial charge in [-0.05, 0) is 31.2 Å². The molecular weight excluding hydrogens is 366 g/mol. The second-order valence-corrected chi connectivity index (χ2v) is 7.95. The average Bonchev–Trinajstić information content (AvgIpc) is 3.28. The van der Waals surface area contributed by atoms with Gasteiger partial charge in [0, 0.05) is 30.9 Å². The molecule has 0 bridgehead atoms. The van der Waals surface area contributed by atoms with Gasteiger partial charge in [-0.15, -0.1) is 0 Å². The van der Waals surface area contributed by atoms with Gasteiger partial charge in [0.1, 0.15) is 11.6 Å². The zero-order chi connectivity index (χ0) is 21.2. The van der Waals surface area contributed by atoms with Gasteiger partial charge in [0.25, 0.3) is 0 Å². The van der Waals surface area contributed by atoms with Crippen molar-refractivity contribution in [3.63, 3.8) is 0 Å². The third-order valence-corrected chi connectivity index (χ3v) is 4.55. The summed E-state index contributed by atoms with van der Waals surface area (Å²) in [6.45, 7) is 8.06. The molecule has 1 atom stereocenters. The van der Waals surface area contributed by atoms with Gasteiger partial charge in [-0.25, -0.2) is 14.5 Å². The number of carbonyl (C=O) groups excluding carboxylic acids is 1. The van der Waals surface area contributed by atoms with Gasteiger partial charge in [-0.3, -0.25) is 5.32 Å². The van der Waals surface area contributed by atoms with E-state index in [0.717, 1.165) is 17.2 Å². The number of amides is 2. The molecule has 29 heavy (non-hydrogen) atoms. The topological polar surface area (TPSA) is 101 Å². The first kappa shape index (κ1) is 20.1. The van der Waals surface area contributed by atoms with Crippen LogP contribution in [0.25, 0.3) is 5.69 Å². The summed E-state index contributed by atoms with van der Waals surface area (Å²) in [7, 11) is 1.88. The Bertz CT molecular complexity index is 1050. The summed E-state index contributed by atoms with van der Waals surface area (Å²) in [6.07, 6.45) is 3.53. The standard InChI is InChI=1S/C21H25N7O/c1-14(19-23-10-11-27(19)5)24-20(29)25-18-12-17(21(2,3)4)26-28(18)16-8-6-15(13-22)7-9-16/h6-12,14H,1-5H3,(H2,24,25,29). The third-order valence-electron chi connectivity index (χ3n) is 4.55. The molecule has 2 heterocycles. The molecular formula is C21H25N7O. The Kier molecular flexibility index (Phi) is 5.41. The van der Waals surface area contributed by atoms with Gasteiger partial charge in [0.05, 0.1) is 29.1 Å². The summed E-state index contributed by atoms with van der Waals surface area (Å²) in [4.78, 5) is 16.9. The Morgan fingerprint density at radius 2 is 1.93 bits per heavy atom. The molecule has 2 aromatic heterocycles. The highest BCUT2D eigenvalue weighted by Gasteiger charge is 2.22. The fourth-order valence-corrected chi connectivity index (χ4v) is 2.92. The van der Waals surface area contributed by atoms with Gasteiger partial charge in [0.15, 0.2) is 0 Å². The van der Waals surface area contributed by atoms with Gasteiger partial charge in [-0.1, -0.05) is 20.8 Å². The van der Waals surface area contributed by atoms with E-state index in [1.54, 1.807) is 35.1 Å². The van der Waals surface area contributed by atoms with Crippen molar-refractivity contribution in [1.29, 1.82) is 5.26 Å². The Hall–Kier alpha value is -3.60. The van der Waals surface area contributed by atoms with Gasteiger partial charge >= 0.3 is 6.03 Å². The van der Waals surface area contributed by atoms with Crippen LogP contribution in [-0.4, -0.2) is 25.4 Å². The summed E-state index contributed by atoms with van der Waals surface area (Å²) >= 11 is 0. The largest absolute Gasteiger partial charge is 0.336 e. The first-order valence-electron chi connectivity index (χ1n) is 9.35. The monoisotopic (exact) mass is 391 g/mol. The lowest BCUT2D eigenvalue weighted by atomic mass is 9.92. The van der Waals surface area contributed by atoms with Crippen LogP contribution in [0.1, 0.15) is 50.8 Å². The molecule has 0 radical (unpaired) electrons. The molecule has 0 fully saturated rings. The highest BCUT2D eigenvalue weighted by atomic mass is 16.2. The highest BCUT2D eigenvalue weighted by Crippen LogP contribution is 2.26. The van der Waals surface area contributed by atoms with Crippen LogP contribution in [0.2, 0.25) is 0 Å². The maximum atomic E-state index is 12.6. The van der Waals surface area contributed by atoms with Gasteiger partial charge in [-0.2, -0.15) is 10.4 Å². The molecule has 0 aliphatic heterocycles. The number of rotatable bonds is 4. The molecule has 150 valence electrons. The fourth-order valence-electron chi connectivity index (χ4n) is 2.92. The predicted molar refractivity (Wildman–Crippen MR) is 111 cm³/mol. The molecule has 1 unspecified atom stereocenters. The number of hydrogen-bond donors (Lipinski definition) is 2. The number of nitrogens with one attached hydrogen (secondary N) is 2. The number of anilines is 1. The Morgan fingerprint density at radius 3 is 2.48 bits per heavy atom. The second-order valence-electron chi connectivity index (χ2n) is 7.95. The van der Waals surface area contributed by atoms with Crippen molar-refractivity contribution in [1.82, 2.24) is 24.6 Å². The van der Waals surface area contributed by atoms with E-state index in [0.29, 0.717) is 11.4 Å². The minimum absolute atomic E-state index is 0.189. The van der Waals surface area contributed by atoms with Gasteiger partial charge < -0.3 is 9.88 Å². The van der Waals surface area contributed by atoms with Gasteiger partial charge in [0.2, 0.25) is 0 Å². The lowest BCUT2D eigenvalue weighted by Gasteiger charge is -2.15. The van der Waals surface area contributed by atoms with E-state index in [1.807, 2.05) is 30.8 Å². The Balaban J connectivity index is 1.87. The van der Waals surface area contributed by atoms with Crippen LogP contribution in [0.4, 0.5) is 10.6 Å². The van der Waals surface area contributed by atoms with Crippen LogP contribution in [0.3, 0.4) is 0 Å². The minimum Gasteiger partial charge on any atom is -0.336 e. The lowest BCUT2D eigenvalue weighted by molar-refractivity contribution is 0.248. The molecule has 2 N–H and O–H groups in total. The van der Waals surface area contributed by atoms with E-state index in [9.17, 15) is 4.79 Å². The van der Waals surface area contributed by atoms with Crippen molar-refractivity contribution >= 4 is 11.8 Å². The van der Waals surface area contributed by atoms with Crippen LogP contribution < -0.4 is 10.6 Å². The van der Waals surface area contributed by atoms with Crippen molar-refractivity contribution in [2.24, 2.45) is 7.05 Å². The molecule has 8 nitrogen and oxygen atoms in total. The molecule has 0 aliphatic carbocycles. The van der Waals surface area contributed by atoms with Crippen molar-refractivity contribution < 1.29 is 4.79 Å². The molecule has 0 aliphatic rings. The van der Waals surface area contributed by atoms with E-state index in [2.05, 4.69) is 47.6 Å². The SMILES string of the molecule is CC(NC(=O)Nc1cc(C(C)(C)C)nn1-c1ccc(C#N)cc1)c1nccn1C. The van der Waals surface area contributed by atoms with E-state index in [-0.39, 0.29) is 17.5 Å². The average molecular weight is 391 g/mol. The predicted octanol–water partition coefficient (Wildman–Crippen LogP) is 3.66. The molecule has 0 spiro atoms. The normalized spacial score (nSPS) is 12.3. The molecule has 3 rings (SSSR count). The fraction of sp³-hybridized carbons (Fsp3) is 0.333. The molecule has 2 amide bonds. The van der Waals surface area contributed by atoms with Crippen LogP contribution in [0.5, 0.6) is 0 Å².